The first-order valence-corrected chi connectivity index (χ1v) is 13.9. The maximum Gasteiger partial charge on any atom is 0.467 e. The van der Waals surface area contributed by atoms with E-state index in [2.05, 4.69) is 13.8 Å². The third-order valence-corrected chi connectivity index (χ3v) is 8.78. The fourth-order valence-electron chi connectivity index (χ4n) is 3.61. The van der Waals surface area contributed by atoms with Crippen molar-refractivity contribution in [1.82, 2.24) is 0 Å². The van der Waals surface area contributed by atoms with Crippen molar-refractivity contribution in [1.29, 1.82) is 0 Å². The molecule has 1 heterocycles. The van der Waals surface area contributed by atoms with Crippen molar-refractivity contribution in [3.63, 3.8) is 0 Å². The molecular formula is C18H30F10N2O4S2. The Morgan fingerprint density at radius 3 is 1.36 bits per heavy atom. The maximum absolute atomic E-state index is 12.3. The number of rotatable bonds is 11. The van der Waals surface area contributed by atoms with Crippen LogP contribution in [0.1, 0.15) is 65.2 Å². The van der Waals surface area contributed by atoms with E-state index in [4.69, 9.17) is 0 Å². The van der Waals surface area contributed by atoms with Crippen LogP contribution in [-0.2, 0) is 20.0 Å². The van der Waals surface area contributed by atoms with Gasteiger partial charge in [0.15, 0.2) is 20.0 Å². The average Bonchev–Trinajstić information content (AvgIpc) is 2.70. The van der Waals surface area contributed by atoms with Gasteiger partial charge in [0.1, 0.15) is 0 Å². The van der Waals surface area contributed by atoms with Gasteiger partial charge in [-0.1, -0.05) is 26.7 Å². The Kier molecular flexibility index (Phi) is 12.5. The summed E-state index contributed by atoms with van der Waals surface area (Å²) in [6.07, 6.45) is -2.46. The number of sulfonamides is 2. The smallest absolute Gasteiger partial charge is 0.425 e. The van der Waals surface area contributed by atoms with Crippen LogP contribution in [0.15, 0.2) is 0 Å². The fourth-order valence-corrected chi connectivity index (χ4v) is 5.97. The molecule has 218 valence electrons. The first-order valence-electron chi connectivity index (χ1n) is 11.0. The first kappa shape index (κ1) is 35.1. The van der Waals surface area contributed by atoms with Gasteiger partial charge in [0.05, 0.1) is 26.2 Å². The lowest BCUT2D eigenvalue weighted by Crippen LogP contribution is -2.52. The molecule has 0 unspecified atom stereocenters. The minimum absolute atomic E-state index is 0.422. The maximum atomic E-state index is 12.3. The van der Waals surface area contributed by atoms with Crippen molar-refractivity contribution in [3.8, 4) is 0 Å². The molecule has 1 fully saturated rings. The molecule has 0 N–H and O–H groups in total. The number of hydrogen-bond donors (Lipinski definition) is 0. The van der Waals surface area contributed by atoms with Crippen LogP contribution in [0.5, 0.6) is 0 Å². The Morgan fingerprint density at radius 1 is 0.611 bits per heavy atom. The van der Waals surface area contributed by atoms with Crippen molar-refractivity contribution in [2.45, 2.75) is 88.1 Å². The Labute approximate surface area is 204 Å². The van der Waals surface area contributed by atoms with Crippen LogP contribution >= 0.6 is 0 Å². The average molecular weight is 593 g/mol. The lowest BCUT2D eigenvalue weighted by Gasteiger charge is -2.41. The summed E-state index contributed by atoms with van der Waals surface area (Å²) in [5.74, 6) is 0. The van der Waals surface area contributed by atoms with Crippen LogP contribution in [0.4, 0.5) is 43.9 Å². The predicted octanol–water partition coefficient (Wildman–Crippen LogP) is 6.31. The molecular weight excluding hydrogens is 562 g/mol. The van der Waals surface area contributed by atoms with E-state index in [1.54, 1.807) is 0 Å². The molecule has 0 spiro atoms. The number of unbranched alkanes of at least 4 members (excludes halogenated alkanes) is 3. The molecule has 0 aromatic rings. The van der Waals surface area contributed by atoms with E-state index in [-0.39, 0.29) is 0 Å². The van der Waals surface area contributed by atoms with Crippen molar-refractivity contribution < 1.29 is 65.2 Å². The van der Waals surface area contributed by atoms with Gasteiger partial charge >= 0.3 is 22.9 Å². The standard InChI is InChI=1S/C14H30N.C4F10NO4S2/c1-3-5-6-8-12-15(11-4-2)13-9-7-10-14-15;5-1(6,7)3(11,12)20(16,17)15-21(18,19)4(13,14)2(8,9)10/h3-14H2,1-2H3;/q+1;-1. The van der Waals surface area contributed by atoms with Gasteiger partial charge in [0, 0.05) is 0 Å². The molecule has 18 heteroatoms. The molecule has 1 rings (SSSR count). The monoisotopic (exact) mass is 592 g/mol. The third-order valence-electron chi connectivity index (χ3n) is 5.45. The number of alkyl halides is 10. The summed E-state index contributed by atoms with van der Waals surface area (Å²) in [5, 5.41) is -14.0. The van der Waals surface area contributed by atoms with Gasteiger partial charge in [-0.2, -0.15) is 43.9 Å². The third kappa shape index (κ3) is 8.85. The summed E-state index contributed by atoms with van der Waals surface area (Å²) in [6.45, 7) is 10.5. The summed E-state index contributed by atoms with van der Waals surface area (Å²) < 4.78 is 163. The minimum atomic E-state index is -7.62. The van der Waals surface area contributed by atoms with Gasteiger partial charge in [-0.25, -0.2) is 16.8 Å². The van der Waals surface area contributed by atoms with E-state index in [1.165, 1.54) is 82.0 Å². The molecule has 1 saturated heterocycles. The van der Waals surface area contributed by atoms with E-state index in [9.17, 15) is 60.7 Å². The number of likely N-dealkylation sites (tertiary alicyclic amines) is 1. The van der Waals surface area contributed by atoms with Crippen molar-refractivity contribution in [2.75, 3.05) is 26.2 Å². The molecule has 0 saturated carbocycles. The van der Waals surface area contributed by atoms with Crippen LogP contribution < -0.4 is 0 Å². The van der Waals surface area contributed by atoms with Crippen molar-refractivity contribution >= 4 is 20.0 Å². The molecule has 0 radical (unpaired) electrons. The van der Waals surface area contributed by atoms with Crippen LogP contribution in [-0.4, -0.2) is 70.4 Å². The number of piperidine rings is 1. The van der Waals surface area contributed by atoms with Crippen LogP contribution in [0.2, 0.25) is 0 Å². The normalized spacial score (nSPS) is 17.9. The van der Waals surface area contributed by atoms with Gasteiger partial charge in [0.2, 0.25) is 0 Å². The second-order valence-corrected chi connectivity index (χ2v) is 11.9. The van der Waals surface area contributed by atoms with E-state index in [1.807, 2.05) is 0 Å². The zero-order valence-corrected chi connectivity index (χ0v) is 21.2. The topological polar surface area (TPSA) is 82.4 Å². The van der Waals surface area contributed by atoms with Gasteiger partial charge in [-0.3, -0.25) is 0 Å². The van der Waals surface area contributed by atoms with Gasteiger partial charge in [-0.05, 0) is 38.5 Å². The summed E-state index contributed by atoms with van der Waals surface area (Å²) in [7, 11) is -15.2. The van der Waals surface area contributed by atoms with E-state index >= 15 is 0 Å². The first-order chi connectivity index (χ1) is 16.0. The zero-order valence-electron chi connectivity index (χ0n) is 19.6. The Bertz CT molecular complexity index is 823. The van der Waals surface area contributed by atoms with Gasteiger partial charge < -0.3 is 8.61 Å². The zero-order chi connectivity index (χ0) is 28.7. The summed E-state index contributed by atoms with van der Waals surface area (Å²) in [5.41, 5.74) is 0. The number of quaternary nitrogens is 1. The molecule has 1 aliphatic heterocycles. The van der Waals surface area contributed by atoms with Crippen LogP contribution in [0.3, 0.4) is 0 Å². The highest BCUT2D eigenvalue weighted by Gasteiger charge is 2.68. The molecule has 0 aromatic carbocycles. The molecule has 0 atom stereocenters. The second-order valence-electron chi connectivity index (χ2n) is 8.41. The molecule has 0 amide bonds. The Morgan fingerprint density at radius 2 is 1.03 bits per heavy atom. The van der Waals surface area contributed by atoms with Crippen LogP contribution in [0.25, 0.3) is 4.13 Å². The van der Waals surface area contributed by atoms with E-state index in [0.717, 1.165) is 0 Å². The predicted molar refractivity (Wildman–Crippen MR) is 111 cm³/mol. The van der Waals surface area contributed by atoms with Crippen molar-refractivity contribution in [3.05, 3.63) is 4.13 Å². The summed E-state index contributed by atoms with van der Waals surface area (Å²) in [6, 6.07) is 0. The SMILES string of the molecule is CCCCCC[N+]1(CCC)CCCCC1.O=S(=O)([N-]S(=O)(=O)C(F)(F)C(F)(F)F)C(F)(F)C(F)(F)F. The minimum Gasteiger partial charge on any atom is -0.425 e. The number of hydrogen-bond acceptors (Lipinski definition) is 4. The summed E-state index contributed by atoms with van der Waals surface area (Å²) >= 11 is 0. The highest BCUT2D eigenvalue weighted by Crippen LogP contribution is 2.47. The largest absolute Gasteiger partial charge is 0.467 e. The Hall–Kier alpha value is -0.880. The summed E-state index contributed by atoms with van der Waals surface area (Å²) in [4.78, 5) is 0. The highest BCUT2D eigenvalue weighted by molar-refractivity contribution is 8.13. The van der Waals surface area contributed by atoms with E-state index in [0.29, 0.717) is 4.13 Å². The quantitative estimate of drug-likeness (QED) is 0.160. The van der Waals surface area contributed by atoms with E-state index < -0.39 is 42.9 Å². The molecule has 1 aliphatic rings. The van der Waals surface area contributed by atoms with Gasteiger partial charge in [0.25, 0.3) is 0 Å². The lowest BCUT2D eigenvalue weighted by atomic mass is 10.1. The lowest BCUT2D eigenvalue weighted by molar-refractivity contribution is -0.932. The molecule has 6 nitrogen and oxygen atoms in total. The fraction of sp³-hybridized carbons (Fsp3) is 1.00. The number of halogens is 10. The molecule has 36 heavy (non-hydrogen) atoms. The molecule has 0 aromatic heterocycles. The number of nitrogens with zero attached hydrogens (tertiary/aromatic N) is 2. The molecule has 0 aliphatic carbocycles. The highest BCUT2D eigenvalue weighted by atomic mass is 32.3. The Balaban J connectivity index is 0.000000717. The van der Waals surface area contributed by atoms with Crippen molar-refractivity contribution in [2.24, 2.45) is 0 Å². The molecule has 0 bridgehead atoms. The second kappa shape index (κ2) is 12.8. The van der Waals surface area contributed by atoms with Gasteiger partial charge in [-0.15, -0.1) is 0 Å². The van der Waals surface area contributed by atoms with Crippen LogP contribution in [0, 0.1) is 0 Å².